The molecule has 3 aromatic rings. The van der Waals surface area contributed by atoms with Gasteiger partial charge in [0.25, 0.3) is 5.91 Å². The number of aromatic nitrogens is 3. The molecule has 1 saturated carbocycles. The van der Waals surface area contributed by atoms with Crippen LogP contribution in [-0.4, -0.2) is 38.8 Å². The second-order valence-electron chi connectivity index (χ2n) is 9.60. The van der Waals surface area contributed by atoms with Crippen LogP contribution in [0, 0.1) is 5.82 Å². The Morgan fingerprint density at radius 2 is 1.69 bits per heavy atom. The Morgan fingerprint density at radius 3 is 2.31 bits per heavy atom. The molecule has 1 aliphatic heterocycles. The van der Waals surface area contributed by atoms with Crippen molar-refractivity contribution in [1.29, 1.82) is 0 Å². The van der Waals surface area contributed by atoms with E-state index in [1.165, 1.54) is 4.90 Å². The molecule has 3 heterocycles. The first-order chi connectivity index (χ1) is 16.7. The molecule has 1 amide bonds. The number of nitrogens with zero attached hydrogens (tertiary/aromatic N) is 3. The van der Waals surface area contributed by atoms with Crippen LogP contribution in [0.5, 0.6) is 0 Å². The molecule has 0 spiro atoms. The van der Waals surface area contributed by atoms with Gasteiger partial charge in [0.2, 0.25) is 0 Å². The summed E-state index contributed by atoms with van der Waals surface area (Å²) in [7, 11) is -9.91. The van der Waals surface area contributed by atoms with Crippen molar-refractivity contribution in [3.8, 4) is 0 Å². The first-order valence-corrected chi connectivity index (χ1v) is 13.6. The maximum atomic E-state index is 14.9. The molecule has 0 atom stereocenters. The molecule has 0 bridgehead atoms. The summed E-state index contributed by atoms with van der Waals surface area (Å²) in [4.78, 5) is 24.2. The van der Waals surface area contributed by atoms with Crippen LogP contribution < -0.4 is 5.73 Å². The smallest absolute Gasteiger partial charge is 0.310 e. The number of piperidine rings is 1. The van der Waals surface area contributed by atoms with E-state index >= 15 is 0 Å². The lowest BCUT2D eigenvalue weighted by molar-refractivity contribution is 0.0713. The van der Waals surface area contributed by atoms with Gasteiger partial charge in [0, 0.05) is 30.3 Å². The highest BCUT2D eigenvalue weighted by Crippen LogP contribution is 3.02. The third-order valence-corrected chi connectivity index (χ3v) is 8.30. The predicted octanol–water partition coefficient (Wildman–Crippen LogP) is 7.01. The summed E-state index contributed by atoms with van der Waals surface area (Å²) in [6.45, 7) is 0.380. The SMILES string of the molecule is Nc1cc(S(F)(F)(F)(F)F)ccc1C(=O)N1CCC(c2c(F)cnc3[nH]c(C4CCCC4)nc23)CC1. The van der Waals surface area contributed by atoms with Gasteiger partial charge in [-0.25, -0.2) is 14.4 Å². The first kappa shape index (κ1) is 24.7. The number of nitrogens with two attached hydrogens (primary N) is 1. The second-order valence-corrected chi connectivity index (χ2v) is 12.0. The summed E-state index contributed by atoms with van der Waals surface area (Å²) in [6.07, 6.45) is 6.21. The van der Waals surface area contributed by atoms with Crippen molar-refractivity contribution in [2.45, 2.75) is 55.3 Å². The summed E-state index contributed by atoms with van der Waals surface area (Å²) in [6, 6.07) is 0.960. The van der Waals surface area contributed by atoms with Crippen molar-refractivity contribution >= 4 is 33.0 Å². The number of anilines is 1. The number of rotatable bonds is 4. The number of amides is 1. The number of fused-ring (bicyclic) bond motifs is 1. The molecular weight excluding hydrogens is 508 g/mol. The Labute approximate surface area is 203 Å². The highest BCUT2D eigenvalue weighted by Gasteiger charge is 2.65. The van der Waals surface area contributed by atoms with Crippen molar-refractivity contribution in [2.24, 2.45) is 0 Å². The predicted molar refractivity (Wildman–Crippen MR) is 125 cm³/mol. The minimum Gasteiger partial charge on any atom is -0.398 e. The number of halogens is 6. The number of aromatic amines is 1. The van der Waals surface area contributed by atoms with E-state index in [0.717, 1.165) is 37.7 Å². The number of imidazole rings is 1. The van der Waals surface area contributed by atoms with Crippen LogP contribution in [0.3, 0.4) is 0 Å². The number of hydrogen-bond donors (Lipinski definition) is 2. The van der Waals surface area contributed by atoms with Gasteiger partial charge >= 0.3 is 10.2 Å². The monoisotopic (exact) mass is 533 g/mol. The van der Waals surface area contributed by atoms with Crippen LogP contribution >= 0.6 is 10.2 Å². The molecule has 6 nitrogen and oxygen atoms in total. The fourth-order valence-corrected chi connectivity index (χ4v) is 5.94. The Bertz CT molecular complexity index is 1350. The van der Waals surface area contributed by atoms with E-state index in [0.29, 0.717) is 41.6 Å². The fourth-order valence-electron chi connectivity index (χ4n) is 5.27. The molecule has 13 heteroatoms. The van der Waals surface area contributed by atoms with Crippen LogP contribution in [0.4, 0.5) is 29.5 Å². The molecule has 196 valence electrons. The van der Waals surface area contributed by atoms with E-state index in [1.54, 1.807) is 0 Å². The molecule has 2 aromatic heterocycles. The molecule has 1 aliphatic carbocycles. The molecule has 1 saturated heterocycles. The minimum absolute atomic E-state index is 0.101. The van der Waals surface area contributed by atoms with Gasteiger partial charge in [-0.2, -0.15) is 0 Å². The van der Waals surface area contributed by atoms with Crippen LogP contribution in [0.25, 0.3) is 11.2 Å². The van der Waals surface area contributed by atoms with Gasteiger partial charge in [-0.15, -0.1) is 0 Å². The van der Waals surface area contributed by atoms with E-state index in [2.05, 4.69) is 15.0 Å². The van der Waals surface area contributed by atoms with Gasteiger partial charge in [0.15, 0.2) is 5.65 Å². The molecule has 2 fully saturated rings. The van der Waals surface area contributed by atoms with Crippen molar-refractivity contribution < 1.29 is 28.6 Å². The lowest BCUT2D eigenvalue weighted by Crippen LogP contribution is -2.38. The Hall–Kier alpha value is -2.96. The normalized spacial score (nSPS) is 20.0. The Balaban J connectivity index is 1.34. The third-order valence-electron chi connectivity index (χ3n) is 7.15. The maximum Gasteiger partial charge on any atom is 0.310 e. The molecule has 2 aliphatic rings. The van der Waals surface area contributed by atoms with Crippen LogP contribution in [0.1, 0.15) is 72.1 Å². The molecule has 0 unspecified atom stereocenters. The van der Waals surface area contributed by atoms with Crippen LogP contribution in [-0.2, 0) is 0 Å². The number of carbonyl (C=O) groups excluding carboxylic acids is 1. The summed E-state index contributed by atoms with van der Waals surface area (Å²) in [5.41, 5.74) is 6.04. The number of likely N-dealkylation sites (tertiary alicyclic amines) is 1. The minimum atomic E-state index is -9.91. The summed E-state index contributed by atoms with van der Waals surface area (Å²) in [5, 5.41) is 0. The lowest BCUT2D eigenvalue weighted by atomic mass is 9.88. The maximum absolute atomic E-state index is 14.9. The van der Waals surface area contributed by atoms with E-state index < -0.39 is 32.5 Å². The van der Waals surface area contributed by atoms with Crippen LogP contribution in [0.2, 0.25) is 0 Å². The van der Waals surface area contributed by atoms with E-state index in [-0.39, 0.29) is 36.7 Å². The molecule has 0 radical (unpaired) electrons. The van der Waals surface area contributed by atoms with Crippen molar-refractivity contribution in [3.05, 3.63) is 47.2 Å². The summed E-state index contributed by atoms with van der Waals surface area (Å²) in [5.74, 6) is -0.284. The summed E-state index contributed by atoms with van der Waals surface area (Å²) >= 11 is 0. The topological polar surface area (TPSA) is 87.9 Å². The molecule has 36 heavy (non-hydrogen) atoms. The van der Waals surface area contributed by atoms with E-state index in [1.807, 2.05) is 0 Å². The Kier molecular flexibility index (Phi) is 5.33. The lowest BCUT2D eigenvalue weighted by Gasteiger charge is -2.40. The zero-order valence-electron chi connectivity index (χ0n) is 19.1. The number of nitrogen functional groups attached to an aromatic ring is 1. The molecular formula is C23H25F6N5OS. The average Bonchev–Trinajstić information content (AvgIpc) is 3.47. The van der Waals surface area contributed by atoms with Gasteiger partial charge in [0.1, 0.15) is 22.1 Å². The number of pyridine rings is 1. The first-order valence-electron chi connectivity index (χ1n) is 11.7. The molecule has 3 N–H and O–H groups in total. The molecule has 5 rings (SSSR count). The fraction of sp³-hybridized carbons (Fsp3) is 0.435. The number of H-pyrrole nitrogens is 1. The van der Waals surface area contributed by atoms with Gasteiger partial charge in [-0.1, -0.05) is 32.3 Å². The number of benzene rings is 1. The van der Waals surface area contributed by atoms with E-state index in [9.17, 15) is 28.6 Å². The van der Waals surface area contributed by atoms with Crippen molar-refractivity contribution in [2.75, 3.05) is 18.8 Å². The molecule has 1 aromatic carbocycles. The zero-order chi connectivity index (χ0) is 25.9. The quantitative estimate of drug-likeness (QED) is 0.279. The number of carbonyl (C=O) groups is 1. The number of nitrogens with one attached hydrogen (secondary N) is 1. The van der Waals surface area contributed by atoms with Gasteiger partial charge in [0.05, 0.1) is 11.8 Å². The second kappa shape index (κ2) is 7.77. The highest BCUT2D eigenvalue weighted by atomic mass is 32.5. The zero-order valence-corrected chi connectivity index (χ0v) is 19.9. The van der Waals surface area contributed by atoms with E-state index in [4.69, 9.17) is 5.73 Å². The number of hydrogen-bond acceptors (Lipinski definition) is 4. The summed E-state index contributed by atoms with van der Waals surface area (Å²) < 4.78 is 80.2. The van der Waals surface area contributed by atoms with Crippen LogP contribution in [0.15, 0.2) is 29.3 Å². The Morgan fingerprint density at radius 1 is 1.03 bits per heavy atom. The average molecular weight is 534 g/mol. The third kappa shape index (κ3) is 4.60. The van der Waals surface area contributed by atoms with Gasteiger partial charge in [-0.05, 0) is 49.8 Å². The van der Waals surface area contributed by atoms with Gasteiger partial charge in [-0.3, -0.25) is 4.79 Å². The standard InChI is InChI=1S/C23H25F6N5OS/c24-17-12-31-22-20(32-21(33-22)14-3-1-2-4-14)19(17)13-7-9-34(10-8-13)23(35)16-6-5-15(11-18(16)30)36(25,26,27,28)29/h5-6,11-14H,1-4,7-10,30H2,(H,31,32,33). The van der Waals surface area contributed by atoms with Gasteiger partial charge < -0.3 is 15.6 Å². The van der Waals surface area contributed by atoms with Crippen molar-refractivity contribution in [3.63, 3.8) is 0 Å². The highest BCUT2D eigenvalue weighted by molar-refractivity contribution is 8.45. The largest absolute Gasteiger partial charge is 0.398 e. The van der Waals surface area contributed by atoms with Crippen molar-refractivity contribution in [1.82, 2.24) is 19.9 Å².